The Hall–Kier alpha value is -0.570. The van der Waals surface area contributed by atoms with Crippen LogP contribution in [0, 0.1) is 13.8 Å². The first-order chi connectivity index (χ1) is 7.13. The van der Waals surface area contributed by atoms with Crippen molar-refractivity contribution in [1.82, 2.24) is 10.2 Å². The van der Waals surface area contributed by atoms with E-state index in [0.717, 1.165) is 19.6 Å². The second kappa shape index (κ2) is 7.66. The van der Waals surface area contributed by atoms with Crippen LogP contribution in [0.1, 0.15) is 16.7 Å². The number of aryl methyl sites for hydroxylation is 2. The lowest BCUT2D eigenvalue weighted by Crippen LogP contribution is -2.27. The summed E-state index contributed by atoms with van der Waals surface area (Å²) in [6.07, 6.45) is 0. The molecule has 3 heteroatoms. The molecule has 1 rings (SSSR count). The van der Waals surface area contributed by atoms with Crippen LogP contribution < -0.4 is 5.32 Å². The van der Waals surface area contributed by atoms with Gasteiger partial charge in [0, 0.05) is 19.6 Å². The Bertz CT molecular complexity index is 313. The average molecular weight is 243 g/mol. The van der Waals surface area contributed by atoms with Crippen LogP contribution in [0.5, 0.6) is 0 Å². The summed E-state index contributed by atoms with van der Waals surface area (Å²) in [4.78, 5) is 2.34. The van der Waals surface area contributed by atoms with E-state index in [1.54, 1.807) is 0 Å². The lowest BCUT2D eigenvalue weighted by atomic mass is 10.1. The van der Waals surface area contributed by atoms with Gasteiger partial charge in [-0.25, -0.2) is 0 Å². The zero-order chi connectivity index (χ0) is 11.3. The van der Waals surface area contributed by atoms with E-state index >= 15 is 0 Å². The van der Waals surface area contributed by atoms with Crippen molar-refractivity contribution >= 4 is 12.4 Å². The lowest BCUT2D eigenvalue weighted by molar-refractivity contribution is 0.327. The molecule has 92 valence electrons. The molecule has 0 atom stereocenters. The van der Waals surface area contributed by atoms with E-state index in [0.29, 0.717) is 0 Å². The van der Waals surface area contributed by atoms with Crippen molar-refractivity contribution in [3.8, 4) is 0 Å². The minimum Gasteiger partial charge on any atom is -0.318 e. The van der Waals surface area contributed by atoms with E-state index in [1.165, 1.54) is 16.7 Å². The van der Waals surface area contributed by atoms with Gasteiger partial charge in [-0.05, 0) is 39.1 Å². The maximum atomic E-state index is 3.17. The molecule has 0 radical (unpaired) electrons. The minimum absolute atomic E-state index is 0. The highest BCUT2D eigenvalue weighted by Crippen LogP contribution is 2.12. The van der Waals surface area contributed by atoms with Gasteiger partial charge >= 0.3 is 0 Å². The van der Waals surface area contributed by atoms with Crippen LogP contribution in [0.15, 0.2) is 18.2 Å². The van der Waals surface area contributed by atoms with E-state index in [9.17, 15) is 0 Å². The predicted molar refractivity (Wildman–Crippen MR) is 73.4 cm³/mol. The number of nitrogens with zero attached hydrogens (tertiary/aromatic N) is 1. The Morgan fingerprint density at radius 1 is 1.25 bits per heavy atom. The average Bonchev–Trinajstić information content (AvgIpc) is 2.19. The zero-order valence-corrected chi connectivity index (χ0v) is 11.5. The number of hydrogen-bond donors (Lipinski definition) is 1. The molecule has 0 heterocycles. The number of benzene rings is 1. The van der Waals surface area contributed by atoms with Gasteiger partial charge in [-0.3, -0.25) is 0 Å². The molecule has 0 bridgehead atoms. The van der Waals surface area contributed by atoms with E-state index < -0.39 is 0 Å². The van der Waals surface area contributed by atoms with E-state index in [2.05, 4.69) is 49.3 Å². The topological polar surface area (TPSA) is 15.3 Å². The van der Waals surface area contributed by atoms with Crippen LogP contribution in [-0.4, -0.2) is 32.1 Å². The lowest BCUT2D eigenvalue weighted by Gasteiger charge is -2.18. The summed E-state index contributed by atoms with van der Waals surface area (Å²) >= 11 is 0. The third kappa shape index (κ3) is 4.97. The van der Waals surface area contributed by atoms with Gasteiger partial charge in [0.2, 0.25) is 0 Å². The quantitative estimate of drug-likeness (QED) is 0.853. The third-order valence-corrected chi connectivity index (χ3v) is 2.68. The Morgan fingerprint density at radius 2 is 1.94 bits per heavy atom. The normalized spacial score (nSPS) is 10.3. The van der Waals surface area contributed by atoms with Crippen molar-refractivity contribution in [3.05, 3.63) is 34.9 Å². The van der Waals surface area contributed by atoms with Gasteiger partial charge in [-0.15, -0.1) is 12.4 Å². The standard InChI is InChI=1S/C13H22N2.ClH/c1-11-5-6-13(12(2)9-11)10-15(4)8-7-14-3;/h5-6,9,14H,7-8,10H2,1-4H3;1H. The van der Waals surface area contributed by atoms with Crippen molar-refractivity contribution in [2.24, 2.45) is 0 Å². The number of rotatable bonds is 5. The molecule has 1 N–H and O–H groups in total. The number of nitrogens with one attached hydrogen (secondary N) is 1. The summed E-state index contributed by atoms with van der Waals surface area (Å²) in [7, 11) is 4.15. The predicted octanol–water partition coefficient (Wildman–Crippen LogP) is 2.38. The van der Waals surface area contributed by atoms with Crippen molar-refractivity contribution in [2.75, 3.05) is 27.2 Å². The van der Waals surface area contributed by atoms with E-state index in [4.69, 9.17) is 0 Å². The number of hydrogen-bond acceptors (Lipinski definition) is 2. The molecular formula is C13H23ClN2. The first-order valence-electron chi connectivity index (χ1n) is 5.52. The van der Waals surface area contributed by atoms with Crippen LogP contribution in [0.2, 0.25) is 0 Å². The minimum atomic E-state index is 0. The number of likely N-dealkylation sites (N-methyl/N-ethyl adjacent to an activating group) is 2. The molecular weight excluding hydrogens is 220 g/mol. The van der Waals surface area contributed by atoms with Gasteiger partial charge in [-0.2, -0.15) is 0 Å². The Balaban J connectivity index is 0.00000225. The maximum absolute atomic E-state index is 3.17. The second-order valence-corrected chi connectivity index (χ2v) is 4.27. The molecule has 0 unspecified atom stereocenters. The van der Waals surface area contributed by atoms with E-state index in [-0.39, 0.29) is 12.4 Å². The van der Waals surface area contributed by atoms with Crippen LogP contribution in [-0.2, 0) is 6.54 Å². The highest BCUT2D eigenvalue weighted by molar-refractivity contribution is 5.85. The molecule has 0 spiro atoms. The van der Waals surface area contributed by atoms with Gasteiger partial charge in [-0.1, -0.05) is 23.8 Å². The number of halogens is 1. The smallest absolute Gasteiger partial charge is 0.0233 e. The molecule has 2 nitrogen and oxygen atoms in total. The molecule has 0 aromatic heterocycles. The largest absolute Gasteiger partial charge is 0.318 e. The van der Waals surface area contributed by atoms with Gasteiger partial charge in [0.15, 0.2) is 0 Å². The van der Waals surface area contributed by atoms with Crippen molar-refractivity contribution in [3.63, 3.8) is 0 Å². The zero-order valence-electron chi connectivity index (χ0n) is 10.7. The maximum Gasteiger partial charge on any atom is 0.0233 e. The molecule has 1 aromatic carbocycles. The highest BCUT2D eigenvalue weighted by Gasteiger charge is 2.02. The summed E-state index contributed by atoms with van der Waals surface area (Å²) in [6, 6.07) is 6.68. The third-order valence-electron chi connectivity index (χ3n) is 2.68. The molecule has 0 aliphatic heterocycles. The van der Waals surface area contributed by atoms with Crippen molar-refractivity contribution < 1.29 is 0 Å². The summed E-state index contributed by atoms with van der Waals surface area (Å²) in [5.74, 6) is 0. The molecule has 0 saturated heterocycles. The SMILES string of the molecule is CNCCN(C)Cc1ccc(C)cc1C.Cl. The first kappa shape index (κ1) is 15.4. The van der Waals surface area contributed by atoms with E-state index in [1.807, 2.05) is 7.05 Å². The fourth-order valence-electron chi connectivity index (χ4n) is 1.70. The van der Waals surface area contributed by atoms with Crippen molar-refractivity contribution in [2.45, 2.75) is 20.4 Å². The Morgan fingerprint density at radius 3 is 2.50 bits per heavy atom. The van der Waals surface area contributed by atoms with Gasteiger partial charge in [0.25, 0.3) is 0 Å². The molecule has 1 aromatic rings. The molecule has 0 fully saturated rings. The van der Waals surface area contributed by atoms with Crippen LogP contribution >= 0.6 is 12.4 Å². The Labute approximate surface area is 105 Å². The second-order valence-electron chi connectivity index (χ2n) is 4.27. The van der Waals surface area contributed by atoms with Crippen LogP contribution in [0.3, 0.4) is 0 Å². The molecule has 0 saturated carbocycles. The monoisotopic (exact) mass is 242 g/mol. The molecule has 0 aliphatic rings. The summed E-state index contributed by atoms with van der Waals surface area (Å²) in [5, 5.41) is 3.17. The van der Waals surface area contributed by atoms with Gasteiger partial charge in [0.05, 0.1) is 0 Å². The molecule has 0 amide bonds. The first-order valence-corrected chi connectivity index (χ1v) is 5.52. The highest BCUT2D eigenvalue weighted by atomic mass is 35.5. The fourth-order valence-corrected chi connectivity index (χ4v) is 1.70. The Kier molecular flexibility index (Phi) is 7.39. The summed E-state index contributed by atoms with van der Waals surface area (Å²) in [6.45, 7) is 7.49. The van der Waals surface area contributed by atoms with Crippen molar-refractivity contribution in [1.29, 1.82) is 0 Å². The van der Waals surface area contributed by atoms with Crippen LogP contribution in [0.25, 0.3) is 0 Å². The van der Waals surface area contributed by atoms with Crippen LogP contribution in [0.4, 0.5) is 0 Å². The van der Waals surface area contributed by atoms with Gasteiger partial charge in [0.1, 0.15) is 0 Å². The summed E-state index contributed by atoms with van der Waals surface area (Å²) in [5.41, 5.74) is 4.17. The summed E-state index contributed by atoms with van der Waals surface area (Å²) < 4.78 is 0. The molecule has 16 heavy (non-hydrogen) atoms. The molecule has 0 aliphatic carbocycles. The fraction of sp³-hybridized carbons (Fsp3) is 0.538. The van der Waals surface area contributed by atoms with Gasteiger partial charge < -0.3 is 10.2 Å².